The molecule has 36 heavy (non-hydrogen) atoms. The average molecular weight is 495 g/mol. The largest absolute Gasteiger partial charge is 0.502 e. The lowest BCUT2D eigenvalue weighted by Crippen LogP contribution is -2.19. The van der Waals surface area contributed by atoms with Crippen molar-refractivity contribution in [1.29, 1.82) is 0 Å². The van der Waals surface area contributed by atoms with E-state index < -0.39 is 10.8 Å². The highest BCUT2D eigenvalue weighted by atomic mass is 16.6. The second-order valence-electron chi connectivity index (χ2n) is 6.95. The molecular weight excluding hydrogens is 478 g/mol. The van der Waals surface area contributed by atoms with Crippen LogP contribution in [0.3, 0.4) is 0 Å². The average Bonchev–Trinajstić information content (AvgIpc) is 3.50. The fourth-order valence-corrected chi connectivity index (χ4v) is 3.13. The number of nitrogens with two attached hydrogens (primary N) is 1. The first-order valence-electron chi connectivity index (χ1n) is 9.91. The van der Waals surface area contributed by atoms with Crippen molar-refractivity contribution in [1.82, 2.24) is 30.7 Å². The number of aromatic hydroxyl groups is 1. The summed E-state index contributed by atoms with van der Waals surface area (Å²) in [5.74, 6) is -0.829. The number of aromatic nitrogens is 5. The van der Waals surface area contributed by atoms with E-state index in [4.69, 9.17) is 15.2 Å². The Morgan fingerprint density at radius 1 is 1.22 bits per heavy atom. The zero-order valence-corrected chi connectivity index (χ0v) is 18.6. The van der Waals surface area contributed by atoms with Crippen molar-refractivity contribution >= 4 is 23.6 Å². The number of methoxy groups -OCH3 is 2. The number of hydrazone groups is 1. The van der Waals surface area contributed by atoms with Crippen LogP contribution in [0.5, 0.6) is 17.2 Å². The molecule has 0 unspecified atom stereocenters. The van der Waals surface area contributed by atoms with Crippen LogP contribution in [0.2, 0.25) is 0 Å². The first-order valence-corrected chi connectivity index (χ1v) is 9.91. The molecular formula is C20H17N9O7. The summed E-state index contributed by atoms with van der Waals surface area (Å²) in [5.41, 5.74) is 8.63. The highest BCUT2D eigenvalue weighted by Crippen LogP contribution is 2.36. The van der Waals surface area contributed by atoms with E-state index in [1.54, 1.807) is 0 Å². The van der Waals surface area contributed by atoms with Gasteiger partial charge in [0, 0.05) is 23.3 Å². The monoisotopic (exact) mass is 495 g/mol. The van der Waals surface area contributed by atoms with Crippen LogP contribution < -0.4 is 20.6 Å². The molecule has 4 N–H and O–H groups in total. The Kier molecular flexibility index (Phi) is 6.40. The van der Waals surface area contributed by atoms with Gasteiger partial charge in [-0.05, 0) is 34.6 Å². The van der Waals surface area contributed by atoms with E-state index in [2.05, 4.69) is 35.8 Å². The number of rotatable bonds is 8. The molecule has 16 nitrogen and oxygen atoms in total. The number of ether oxygens (including phenoxy) is 2. The number of phenolic OH excluding ortho intramolecular Hbond substituents is 1. The minimum Gasteiger partial charge on any atom is -0.502 e. The molecule has 1 amide bonds. The number of carbonyl (C=O) groups excluding carboxylic acids is 1. The Balaban J connectivity index is 1.67. The van der Waals surface area contributed by atoms with Gasteiger partial charge in [-0.3, -0.25) is 14.9 Å². The van der Waals surface area contributed by atoms with Gasteiger partial charge in [0.05, 0.1) is 25.4 Å². The third-order valence-electron chi connectivity index (χ3n) is 4.81. The van der Waals surface area contributed by atoms with Gasteiger partial charge in [0.2, 0.25) is 17.4 Å². The topological polar surface area (TPSA) is 219 Å². The molecule has 4 aromatic rings. The van der Waals surface area contributed by atoms with Gasteiger partial charge in [-0.1, -0.05) is 5.21 Å². The number of nitrogens with zero attached hydrogens (tertiary/aromatic N) is 7. The highest BCUT2D eigenvalue weighted by Gasteiger charge is 2.25. The Morgan fingerprint density at radius 3 is 2.44 bits per heavy atom. The van der Waals surface area contributed by atoms with E-state index in [0.717, 1.165) is 4.68 Å². The Morgan fingerprint density at radius 2 is 1.89 bits per heavy atom. The summed E-state index contributed by atoms with van der Waals surface area (Å²) in [5, 5.41) is 39.9. The van der Waals surface area contributed by atoms with Gasteiger partial charge in [-0.15, -0.1) is 5.10 Å². The molecule has 0 saturated carbocycles. The molecule has 0 radical (unpaired) electrons. The molecule has 0 bridgehead atoms. The maximum absolute atomic E-state index is 12.9. The molecule has 4 rings (SSSR count). The second kappa shape index (κ2) is 9.75. The summed E-state index contributed by atoms with van der Waals surface area (Å²) >= 11 is 0. The minimum atomic E-state index is -0.765. The number of nitrogens with one attached hydrogen (secondary N) is 1. The van der Waals surface area contributed by atoms with Gasteiger partial charge in [0.15, 0.2) is 17.2 Å². The standard InChI is InChI=1S/C20H17N9O7/c1-34-13-7-10(8-14(35-2)17(13)30)9-22-24-20(31)15-16(11-3-5-12(6-4-11)29(32)33)28(27-23-15)19-18(21)25-36-26-19/h3-9,30H,1-2H3,(H2,21,25)(H,24,31)/b22-9+. The number of nitro benzene ring substituents is 1. The number of hydrogen-bond acceptors (Lipinski definition) is 13. The number of nitro groups is 1. The summed E-state index contributed by atoms with van der Waals surface area (Å²) in [4.78, 5) is 23.4. The Bertz CT molecular complexity index is 1440. The first-order chi connectivity index (χ1) is 17.3. The molecule has 0 fully saturated rings. The number of non-ortho nitro benzene ring substituents is 1. The lowest BCUT2D eigenvalue weighted by atomic mass is 10.1. The maximum atomic E-state index is 12.9. The summed E-state index contributed by atoms with van der Waals surface area (Å²) < 4.78 is 15.9. The normalized spacial score (nSPS) is 10.9. The lowest BCUT2D eigenvalue weighted by molar-refractivity contribution is -0.384. The van der Waals surface area contributed by atoms with Crippen molar-refractivity contribution in [2.75, 3.05) is 20.0 Å². The number of anilines is 1. The number of carbonyl (C=O) groups is 1. The Hall–Kier alpha value is -5.54. The van der Waals surface area contributed by atoms with Crippen LogP contribution in [-0.4, -0.2) is 61.7 Å². The van der Waals surface area contributed by atoms with Gasteiger partial charge in [0.25, 0.3) is 11.6 Å². The van der Waals surface area contributed by atoms with Crippen molar-refractivity contribution in [2.24, 2.45) is 5.10 Å². The molecule has 0 atom stereocenters. The molecule has 0 aliphatic carbocycles. The first kappa shape index (κ1) is 23.6. The number of benzene rings is 2. The van der Waals surface area contributed by atoms with E-state index >= 15 is 0 Å². The van der Waals surface area contributed by atoms with Gasteiger partial charge in [-0.25, -0.2) is 10.1 Å². The quantitative estimate of drug-likeness (QED) is 0.179. The van der Waals surface area contributed by atoms with Crippen LogP contribution in [0.4, 0.5) is 11.5 Å². The van der Waals surface area contributed by atoms with E-state index in [-0.39, 0.29) is 46.0 Å². The van der Waals surface area contributed by atoms with Crippen molar-refractivity contribution in [2.45, 2.75) is 0 Å². The number of nitrogen functional groups attached to an aromatic ring is 1. The van der Waals surface area contributed by atoms with Crippen molar-refractivity contribution < 1.29 is 28.9 Å². The third-order valence-corrected chi connectivity index (χ3v) is 4.81. The SMILES string of the molecule is COc1cc(/C=N/NC(=O)c2nnn(-c3nonc3N)c2-c2ccc([N+](=O)[O-])cc2)cc(OC)c1O. The molecule has 16 heteroatoms. The van der Waals surface area contributed by atoms with Crippen LogP contribution in [0.25, 0.3) is 17.1 Å². The van der Waals surface area contributed by atoms with Crippen molar-refractivity contribution in [3.05, 3.63) is 57.8 Å². The molecule has 0 aliphatic rings. The summed E-state index contributed by atoms with van der Waals surface area (Å²) in [6.45, 7) is 0. The van der Waals surface area contributed by atoms with Gasteiger partial charge in [-0.2, -0.15) is 9.78 Å². The van der Waals surface area contributed by atoms with E-state index in [1.165, 1.54) is 56.8 Å². The zero-order chi connectivity index (χ0) is 25.8. The summed E-state index contributed by atoms with van der Waals surface area (Å²) in [7, 11) is 2.74. The van der Waals surface area contributed by atoms with Crippen LogP contribution in [0, 0.1) is 10.1 Å². The molecule has 2 aromatic heterocycles. The van der Waals surface area contributed by atoms with Crippen LogP contribution in [-0.2, 0) is 0 Å². The highest BCUT2D eigenvalue weighted by molar-refractivity contribution is 5.99. The molecule has 184 valence electrons. The zero-order valence-electron chi connectivity index (χ0n) is 18.6. The minimum absolute atomic E-state index is 0.0401. The van der Waals surface area contributed by atoms with Crippen LogP contribution in [0.1, 0.15) is 16.1 Å². The van der Waals surface area contributed by atoms with E-state index in [1.807, 2.05) is 0 Å². The maximum Gasteiger partial charge on any atom is 0.294 e. The third kappa shape index (κ3) is 4.45. The van der Waals surface area contributed by atoms with Gasteiger partial charge >= 0.3 is 0 Å². The van der Waals surface area contributed by atoms with Crippen molar-refractivity contribution in [3.8, 4) is 34.3 Å². The summed E-state index contributed by atoms with van der Waals surface area (Å²) in [6, 6.07) is 8.28. The summed E-state index contributed by atoms with van der Waals surface area (Å²) in [6.07, 6.45) is 1.29. The predicted molar refractivity (Wildman–Crippen MR) is 122 cm³/mol. The van der Waals surface area contributed by atoms with Crippen molar-refractivity contribution in [3.63, 3.8) is 0 Å². The smallest absolute Gasteiger partial charge is 0.294 e. The molecule has 0 saturated heterocycles. The number of hydrogen-bond donors (Lipinski definition) is 3. The van der Waals surface area contributed by atoms with Gasteiger partial charge < -0.3 is 20.3 Å². The molecule has 0 aliphatic heterocycles. The van der Waals surface area contributed by atoms with Crippen LogP contribution >= 0.6 is 0 Å². The number of phenols is 1. The fourth-order valence-electron chi connectivity index (χ4n) is 3.13. The molecule has 0 spiro atoms. The second-order valence-corrected chi connectivity index (χ2v) is 6.95. The lowest BCUT2D eigenvalue weighted by Gasteiger charge is -2.09. The molecule has 2 heterocycles. The molecule has 2 aromatic carbocycles. The fraction of sp³-hybridized carbons (Fsp3) is 0.100. The van der Waals surface area contributed by atoms with E-state index in [9.17, 15) is 20.0 Å². The van der Waals surface area contributed by atoms with Gasteiger partial charge in [0.1, 0.15) is 5.69 Å². The van der Waals surface area contributed by atoms with Crippen LogP contribution in [0.15, 0.2) is 46.1 Å². The Labute approximate surface area is 201 Å². The van der Waals surface area contributed by atoms with E-state index in [0.29, 0.717) is 11.1 Å². The predicted octanol–water partition coefficient (Wildman–Crippen LogP) is 1.29. The number of amides is 1.